The molecule has 0 fully saturated rings. The highest BCUT2D eigenvalue weighted by Crippen LogP contribution is 2.24. The number of ether oxygens (including phenoxy) is 1. The van der Waals surface area contributed by atoms with Gasteiger partial charge in [0.15, 0.2) is 5.13 Å². The molecule has 0 spiro atoms. The highest BCUT2D eigenvalue weighted by molar-refractivity contribution is 7.89. The van der Waals surface area contributed by atoms with E-state index in [4.69, 9.17) is 4.74 Å². The van der Waals surface area contributed by atoms with Gasteiger partial charge in [-0.2, -0.15) is 4.31 Å². The molecule has 1 aromatic heterocycles. The lowest BCUT2D eigenvalue weighted by Crippen LogP contribution is -2.30. The second-order valence-electron chi connectivity index (χ2n) is 7.05. The Morgan fingerprint density at radius 2 is 1.73 bits per heavy atom. The lowest BCUT2D eigenvalue weighted by atomic mass is 10.2. The van der Waals surface area contributed by atoms with Gasteiger partial charge in [0.05, 0.1) is 17.2 Å². The molecule has 174 valence electrons. The Morgan fingerprint density at radius 1 is 1.06 bits per heavy atom. The van der Waals surface area contributed by atoms with Crippen molar-refractivity contribution in [1.29, 1.82) is 0 Å². The molecule has 2 aromatic carbocycles. The van der Waals surface area contributed by atoms with Crippen LogP contribution in [0.4, 0.5) is 5.13 Å². The largest absolute Gasteiger partial charge is 0.462 e. The molecular formula is C23H25N3O5S2. The van der Waals surface area contributed by atoms with Crippen LogP contribution >= 0.6 is 11.3 Å². The van der Waals surface area contributed by atoms with E-state index in [-0.39, 0.29) is 28.7 Å². The number of nitrogens with one attached hydrogen (secondary N) is 1. The third-order valence-corrected chi connectivity index (χ3v) is 7.77. The lowest BCUT2D eigenvalue weighted by Gasteiger charge is -2.20. The van der Waals surface area contributed by atoms with Crippen molar-refractivity contribution in [3.8, 4) is 0 Å². The van der Waals surface area contributed by atoms with Gasteiger partial charge in [0.2, 0.25) is 10.0 Å². The fraction of sp³-hybridized carbons (Fsp3) is 0.261. The van der Waals surface area contributed by atoms with Crippen LogP contribution in [0.1, 0.15) is 45.1 Å². The molecule has 0 saturated carbocycles. The van der Waals surface area contributed by atoms with Crippen LogP contribution in [0.2, 0.25) is 0 Å². The summed E-state index contributed by atoms with van der Waals surface area (Å²) in [6.45, 7) is 5.96. The highest BCUT2D eigenvalue weighted by atomic mass is 32.2. The molecule has 33 heavy (non-hydrogen) atoms. The van der Waals surface area contributed by atoms with Crippen LogP contribution in [0, 0.1) is 6.92 Å². The maximum atomic E-state index is 13.1. The van der Waals surface area contributed by atoms with Crippen LogP contribution in [-0.2, 0) is 21.3 Å². The van der Waals surface area contributed by atoms with Gasteiger partial charge in [-0.1, -0.05) is 48.6 Å². The van der Waals surface area contributed by atoms with E-state index < -0.39 is 21.9 Å². The number of carbonyl (C=O) groups is 2. The molecule has 1 N–H and O–H groups in total. The van der Waals surface area contributed by atoms with Gasteiger partial charge >= 0.3 is 5.97 Å². The number of anilines is 1. The zero-order valence-electron chi connectivity index (χ0n) is 18.6. The number of aromatic nitrogens is 1. The Balaban J connectivity index is 1.73. The van der Waals surface area contributed by atoms with E-state index in [1.165, 1.54) is 28.6 Å². The van der Waals surface area contributed by atoms with Crippen molar-refractivity contribution in [2.24, 2.45) is 0 Å². The molecule has 1 amide bonds. The van der Waals surface area contributed by atoms with Crippen molar-refractivity contribution >= 4 is 38.4 Å². The molecule has 0 radical (unpaired) electrons. The van der Waals surface area contributed by atoms with Gasteiger partial charge in [0.1, 0.15) is 4.88 Å². The van der Waals surface area contributed by atoms with Crippen LogP contribution in [0.3, 0.4) is 0 Å². The number of sulfonamides is 1. The Morgan fingerprint density at radius 3 is 2.33 bits per heavy atom. The van der Waals surface area contributed by atoms with Crippen LogP contribution in [0.5, 0.6) is 0 Å². The van der Waals surface area contributed by atoms with Crippen LogP contribution in [0.25, 0.3) is 0 Å². The first kappa shape index (κ1) is 24.6. The molecule has 8 nitrogen and oxygen atoms in total. The summed E-state index contributed by atoms with van der Waals surface area (Å²) in [6.07, 6.45) is 0. The molecule has 0 saturated heterocycles. The Bertz CT molecular complexity index is 1220. The summed E-state index contributed by atoms with van der Waals surface area (Å²) in [5.41, 5.74) is 1.62. The van der Waals surface area contributed by atoms with E-state index in [0.29, 0.717) is 17.1 Å². The van der Waals surface area contributed by atoms with E-state index in [1.54, 1.807) is 20.8 Å². The predicted molar refractivity (Wildman–Crippen MR) is 127 cm³/mol. The summed E-state index contributed by atoms with van der Waals surface area (Å²) in [7, 11) is -3.73. The maximum Gasteiger partial charge on any atom is 0.350 e. The smallest absolute Gasteiger partial charge is 0.350 e. The molecule has 0 aliphatic carbocycles. The van der Waals surface area contributed by atoms with Gasteiger partial charge < -0.3 is 4.74 Å². The first-order valence-electron chi connectivity index (χ1n) is 10.4. The summed E-state index contributed by atoms with van der Waals surface area (Å²) >= 11 is 1.03. The third-order valence-electron chi connectivity index (χ3n) is 4.79. The minimum Gasteiger partial charge on any atom is -0.462 e. The number of esters is 1. The summed E-state index contributed by atoms with van der Waals surface area (Å²) in [4.78, 5) is 29.2. The number of rotatable bonds is 9. The molecule has 1 heterocycles. The van der Waals surface area contributed by atoms with Crippen molar-refractivity contribution in [2.75, 3.05) is 18.5 Å². The number of carbonyl (C=O) groups excluding carboxylic acids is 2. The van der Waals surface area contributed by atoms with Crippen molar-refractivity contribution in [2.45, 2.75) is 32.2 Å². The number of hydrogen-bond acceptors (Lipinski definition) is 7. The molecule has 0 unspecified atom stereocenters. The van der Waals surface area contributed by atoms with Crippen LogP contribution in [-0.4, -0.2) is 42.7 Å². The number of nitrogens with zero attached hydrogens (tertiary/aromatic N) is 2. The number of aryl methyl sites for hydroxylation is 1. The number of thiazole rings is 1. The summed E-state index contributed by atoms with van der Waals surface area (Å²) in [5.74, 6) is -0.946. The summed E-state index contributed by atoms with van der Waals surface area (Å²) in [6, 6.07) is 15.1. The first-order valence-corrected chi connectivity index (χ1v) is 12.6. The monoisotopic (exact) mass is 487 g/mol. The lowest BCUT2D eigenvalue weighted by molar-refractivity contribution is 0.0531. The fourth-order valence-corrected chi connectivity index (χ4v) is 5.38. The summed E-state index contributed by atoms with van der Waals surface area (Å²) in [5, 5.41) is 2.90. The molecule has 0 aliphatic rings. The van der Waals surface area contributed by atoms with Crippen molar-refractivity contribution < 1.29 is 22.7 Å². The zero-order valence-corrected chi connectivity index (χ0v) is 20.2. The molecule has 3 aromatic rings. The van der Waals surface area contributed by atoms with Gasteiger partial charge in [-0.3, -0.25) is 10.1 Å². The van der Waals surface area contributed by atoms with Crippen molar-refractivity contribution in [3.63, 3.8) is 0 Å². The second kappa shape index (κ2) is 10.7. The fourth-order valence-electron chi connectivity index (χ4n) is 3.09. The molecule has 0 aliphatic heterocycles. The quantitative estimate of drug-likeness (QED) is 0.456. The van der Waals surface area contributed by atoms with E-state index >= 15 is 0 Å². The minimum atomic E-state index is -3.73. The number of benzene rings is 2. The Hall–Kier alpha value is -3.08. The van der Waals surface area contributed by atoms with Gasteiger partial charge in [-0.25, -0.2) is 18.2 Å². The van der Waals surface area contributed by atoms with Crippen LogP contribution in [0.15, 0.2) is 59.5 Å². The van der Waals surface area contributed by atoms with Gasteiger partial charge in [-0.05, 0) is 43.7 Å². The third kappa shape index (κ3) is 5.84. The van der Waals surface area contributed by atoms with Crippen LogP contribution < -0.4 is 5.32 Å². The minimum absolute atomic E-state index is 0.103. The molecular weight excluding hydrogens is 462 g/mol. The molecule has 10 heteroatoms. The Labute approximate surface area is 197 Å². The van der Waals surface area contributed by atoms with Gasteiger partial charge in [0, 0.05) is 18.7 Å². The summed E-state index contributed by atoms with van der Waals surface area (Å²) < 4.78 is 32.5. The number of hydrogen-bond donors (Lipinski definition) is 1. The van der Waals surface area contributed by atoms with E-state index in [2.05, 4.69) is 10.3 Å². The van der Waals surface area contributed by atoms with E-state index in [9.17, 15) is 18.0 Å². The van der Waals surface area contributed by atoms with Crippen molar-refractivity contribution in [3.05, 3.63) is 76.3 Å². The van der Waals surface area contributed by atoms with E-state index in [1.807, 2.05) is 30.3 Å². The molecule has 3 rings (SSSR count). The topological polar surface area (TPSA) is 106 Å². The number of amides is 1. The zero-order chi connectivity index (χ0) is 24.0. The Kier molecular flexibility index (Phi) is 7.96. The van der Waals surface area contributed by atoms with Gasteiger partial charge in [-0.15, -0.1) is 0 Å². The predicted octanol–water partition coefficient (Wildman–Crippen LogP) is 4.09. The maximum absolute atomic E-state index is 13.1. The first-order chi connectivity index (χ1) is 15.8. The van der Waals surface area contributed by atoms with Gasteiger partial charge in [0.25, 0.3) is 5.91 Å². The average Bonchev–Trinajstić information content (AvgIpc) is 3.18. The van der Waals surface area contributed by atoms with E-state index in [0.717, 1.165) is 16.9 Å². The standard InChI is InChI=1S/C23H25N3O5S2/c1-4-26(15-17-9-7-6-8-10-17)33(29,30)19-13-11-18(12-14-19)21(27)25-23-24-16(3)20(32-23)22(28)31-5-2/h6-14H,4-5,15H2,1-3H3,(H,24,25,27). The highest BCUT2D eigenvalue weighted by Gasteiger charge is 2.24. The SMILES string of the molecule is CCOC(=O)c1sc(NC(=O)c2ccc(S(=O)(=O)N(CC)Cc3ccccc3)cc2)nc1C. The second-order valence-corrected chi connectivity index (χ2v) is 9.99. The molecule has 0 bridgehead atoms. The normalized spacial score (nSPS) is 11.4. The molecule has 0 atom stereocenters. The average molecular weight is 488 g/mol. The van der Waals surface area contributed by atoms with Crippen molar-refractivity contribution in [1.82, 2.24) is 9.29 Å².